The molecule has 2 aliphatic rings. The fraction of sp³-hybridized carbons (Fsp3) is 0.520. The van der Waals surface area contributed by atoms with Crippen LogP contribution in [0.3, 0.4) is 0 Å². The van der Waals surface area contributed by atoms with E-state index in [2.05, 4.69) is 21.9 Å². The third kappa shape index (κ3) is 6.24. The van der Waals surface area contributed by atoms with Crippen molar-refractivity contribution in [2.45, 2.75) is 59.1 Å². The number of pyridine rings is 1. The lowest BCUT2D eigenvalue weighted by atomic mass is 9.86. The Hall–Kier alpha value is -3.37. The molecule has 0 bridgehead atoms. The highest BCUT2D eigenvalue weighted by molar-refractivity contribution is 6.14. The van der Waals surface area contributed by atoms with Crippen LogP contribution in [-0.2, 0) is 9.53 Å². The summed E-state index contributed by atoms with van der Waals surface area (Å²) in [7, 11) is 0. The van der Waals surface area contributed by atoms with Crippen LogP contribution in [0.2, 0.25) is 0 Å². The molecule has 1 aromatic rings. The number of aliphatic imine (C=N–C) groups is 1. The number of rotatable bonds is 4. The zero-order valence-corrected chi connectivity index (χ0v) is 21.1. The maximum Gasteiger partial charge on any atom is 0.410 e. The second kappa shape index (κ2) is 10.7. The van der Waals surface area contributed by atoms with E-state index in [0.717, 1.165) is 12.3 Å². The smallest absolute Gasteiger partial charge is 0.410 e. The number of amidine groups is 1. The minimum Gasteiger partial charge on any atom is -0.444 e. The Kier molecular flexibility index (Phi) is 8.10. The van der Waals surface area contributed by atoms with Crippen molar-refractivity contribution in [2.75, 3.05) is 24.5 Å². The van der Waals surface area contributed by atoms with Crippen molar-refractivity contribution in [2.24, 2.45) is 10.9 Å². The highest BCUT2D eigenvalue weighted by Gasteiger charge is 2.37. The number of piperazine rings is 1. The molecule has 0 spiro atoms. The maximum atomic E-state index is 14.7. The number of halogens is 3. The van der Waals surface area contributed by atoms with Crippen LogP contribution in [0.1, 0.15) is 46.7 Å². The standard InChI is InChI=1S/C25H32F3N5O3/c1-7-29-23-21(17(22(27)28)12-20(34)31-23)15(3)18-10-16(26)11-19(30-18)32-8-9-33(14(2)13-32)24(35)36-25(4,5)6/h7,10-11,14,17,22H,1,8-9,12-13H2,2-6H3,(H,29,31,34)/b21-15+. The van der Waals surface area contributed by atoms with Gasteiger partial charge in [0.25, 0.3) is 0 Å². The SMILES string of the molecule is C=CN=C1NC(=O)CC(C(F)F)/C1=C(/C)c1cc(F)cc(N2CCN(C(=O)OC(C)(C)C)C(C)C2)n1. The van der Waals surface area contributed by atoms with E-state index in [-0.39, 0.29) is 28.7 Å². The first-order valence-corrected chi connectivity index (χ1v) is 11.7. The van der Waals surface area contributed by atoms with Crippen LogP contribution in [0.4, 0.5) is 23.8 Å². The predicted molar refractivity (Wildman–Crippen MR) is 131 cm³/mol. The van der Waals surface area contributed by atoms with E-state index < -0.39 is 42.2 Å². The highest BCUT2D eigenvalue weighted by atomic mass is 19.3. The quantitative estimate of drug-likeness (QED) is 0.654. The maximum absolute atomic E-state index is 14.7. The van der Waals surface area contributed by atoms with Gasteiger partial charge in [-0.25, -0.2) is 27.9 Å². The predicted octanol–water partition coefficient (Wildman–Crippen LogP) is 4.38. The van der Waals surface area contributed by atoms with Crippen molar-refractivity contribution in [3.05, 3.63) is 42.0 Å². The Balaban J connectivity index is 1.93. The lowest BCUT2D eigenvalue weighted by Gasteiger charge is -2.40. The third-order valence-corrected chi connectivity index (χ3v) is 5.96. The van der Waals surface area contributed by atoms with Crippen molar-refractivity contribution < 1.29 is 27.5 Å². The molecular formula is C25H32F3N5O3. The number of hydrogen-bond donors (Lipinski definition) is 1. The number of hydrogen-bond acceptors (Lipinski definition) is 6. The number of nitrogens with one attached hydrogen (secondary N) is 1. The molecule has 2 aliphatic heterocycles. The fourth-order valence-electron chi connectivity index (χ4n) is 4.32. The van der Waals surface area contributed by atoms with Crippen LogP contribution in [0.5, 0.6) is 0 Å². The molecule has 11 heteroatoms. The van der Waals surface area contributed by atoms with Gasteiger partial charge in [-0.05, 0) is 46.3 Å². The fourth-order valence-corrected chi connectivity index (χ4v) is 4.32. The second-order valence-corrected chi connectivity index (χ2v) is 9.89. The molecule has 2 unspecified atom stereocenters. The van der Waals surface area contributed by atoms with Gasteiger partial charge in [0.1, 0.15) is 23.1 Å². The number of carbonyl (C=O) groups is 2. The van der Waals surface area contributed by atoms with E-state index in [1.165, 1.54) is 6.07 Å². The minimum absolute atomic E-state index is 0.0451. The number of allylic oxidation sites excluding steroid dienone is 1. The van der Waals surface area contributed by atoms with Crippen LogP contribution in [-0.4, -0.2) is 65.4 Å². The van der Waals surface area contributed by atoms with Crippen molar-refractivity contribution in [1.29, 1.82) is 0 Å². The Morgan fingerprint density at radius 3 is 2.61 bits per heavy atom. The summed E-state index contributed by atoms with van der Waals surface area (Å²) in [5, 5.41) is 2.50. The molecule has 0 aliphatic carbocycles. The Morgan fingerprint density at radius 1 is 1.33 bits per heavy atom. The molecular weight excluding hydrogens is 475 g/mol. The molecule has 36 heavy (non-hydrogen) atoms. The Labute approximate surface area is 208 Å². The Morgan fingerprint density at radius 2 is 2.03 bits per heavy atom. The van der Waals surface area contributed by atoms with E-state index in [1.807, 2.05) is 11.8 Å². The monoisotopic (exact) mass is 507 g/mol. The largest absolute Gasteiger partial charge is 0.444 e. The molecule has 0 aromatic carbocycles. The minimum atomic E-state index is -2.83. The number of piperidine rings is 1. The summed E-state index contributed by atoms with van der Waals surface area (Å²) in [6, 6.07) is 2.20. The summed E-state index contributed by atoms with van der Waals surface area (Å²) in [5.74, 6) is -2.31. The lowest BCUT2D eigenvalue weighted by molar-refractivity contribution is -0.122. The molecule has 1 aromatic heterocycles. The first kappa shape index (κ1) is 27.2. The molecule has 3 rings (SSSR count). The van der Waals surface area contributed by atoms with Gasteiger partial charge in [-0.2, -0.15) is 0 Å². The summed E-state index contributed by atoms with van der Waals surface area (Å²) in [6.45, 7) is 13.4. The van der Waals surface area contributed by atoms with Gasteiger partial charge in [-0.15, -0.1) is 0 Å². The van der Waals surface area contributed by atoms with Gasteiger partial charge in [0.05, 0.1) is 11.6 Å². The molecule has 2 atom stereocenters. The average Bonchev–Trinajstić information content (AvgIpc) is 2.76. The molecule has 1 N–H and O–H groups in total. The number of carbonyl (C=O) groups excluding carboxylic acids is 2. The van der Waals surface area contributed by atoms with Gasteiger partial charge in [0.15, 0.2) is 0 Å². The number of ether oxygens (including phenoxy) is 1. The highest BCUT2D eigenvalue weighted by Crippen LogP contribution is 2.34. The van der Waals surface area contributed by atoms with Gasteiger partial charge in [0.2, 0.25) is 12.3 Å². The van der Waals surface area contributed by atoms with Gasteiger partial charge in [-0.1, -0.05) is 6.58 Å². The topological polar surface area (TPSA) is 87.1 Å². The van der Waals surface area contributed by atoms with E-state index in [9.17, 15) is 22.8 Å². The van der Waals surface area contributed by atoms with Crippen molar-refractivity contribution in [1.82, 2.24) is 15.2 Å². The van der Waals surface area contributed by atoms with Crippen LogP contribution in [0.25, 0.3) is 5.57 Å². The molecule has 0 radical (unpaired) electrons. The average molecular weight is 508 g/mol. The molecule has 8 nitrogen and oxygen atoms in total. The molecule has 0 saturated carbocycles. The first-order valence-electron chi connectivity index (χ1n) is 11.7. The van der Waals surface area contributed by atoms with Crippen molar-refractivity contribution in [3.63, 3.8) is 0 Å². The summed E-state index contributed by atoms with van der Waals surface area (Å²) in [4.78, 5) is 36.5. The lowest BCUT2D eigenvalue weighted by Crippen LogP contribution is -2.55. The van der Waals surface area contributed by atoms with Gasteiger partial charge in [-0.3, -0.25) is 4.79 Å². The summed E-state index contributed by atoms with van der Waals surface area (Å²) in [6.07, 6.45) is -2.53. The molecule has 2 amide bonds. The van der Waals surface area contributed by atoms with Gasteiger partial charge in [0, 0.05) is 49.9 Å². The zero-order valence-electron chi connectivity index (χ0n) is 21.1. The molecule has 3 heterocycles. The van der Waals surface area contributed by atoms with Crippen LogP contribution in [0, 0.1) is 11.7 Å². The normalized spacial score (nSPS) is 23.6. The third-order valence-electron chi connectivity index (χ3n) is 5.96. The molecule has 2 fully saturated rings. The summed E-state index contributed by atoms with van der Waals surface area (Å²) >= 11 is 0. The number of nitrogens with zero attached hydrogens (tertiary/aromatic N) is 4. The van der Waals surface area contributed by atoms with Crippen LogP contribution in [0.15, 0.2) is 35.5 Å². The van der Waals surface area contributed by atoms with E-state index in [0.29, 0.717) is 25.5 Å². The summed E-state index contributed by atoms with van der Waals surface area (Å²) < 4.78 is 48.0. The van der Waals surface area contributed by atoms with E-state index >= 15 is 0 Å². The number of amides is 2. The van der Waals surface area contributed by atoms with Crippen LogP contribution < -0.4 is 10.2 Å². The van der Waals surface area contributed by atoms with E-state index in [4.69, 9.17) is 4.74 Å². The van der Waals surface area contributed by atoms with Gasteiger partial charge >= 0.3 is 6.09 Å². The second-order valence-electron chi connectivity index (χ2n) is 9.89. The molecule has 2 saturated heterocycles. The first-order chi connectivity index (χ1) is 16.8. The summed E-state index contributed by atoms with van der Waals surface area (Å²) in [5.41, 5.74) is -0.0972. The number of aromatic nitrogens is 1. The number of alkyl halides is 2. The molecule has 196 valence electrons. The zero-order chi connectivity index (χ0) is 26.8. The van der Waals surface area contributed by atoms with Crippen molar-refractivity contribution in [3.8, 4) is 0 Å². The van der Waals surface area contributed by atoms with Gasteiger partial charge < -0.3 is 19.9 Å². The van der Waals surface area contributed by atoms with E-state index in [1.54, 1.807) is 32.6 Å². The van der Waals surface area contributed by atoms with Crippen molar-refractivity contribution >= 4 is 29.2 Å². The number of anilines is 1. The van der Waals surface area contributed by atoms with Crippen LogP contribution >= 0.6 is 0 Å². The Bertz CT molecular complexity index is 1100.